The van der Waals surface area contributed by atoms with Crippen molar-refractivity contribution in [3.8, 4) is 11.9 Å². The minimum atomic E-state index is -2.50. The second kappa shape index (κ2) is 7.71. The lowest BCUT2D eigenvalue weighted by Crippen LogP contribution is -2.16. The van der Waals surface area contributed by atoms with Crippen molar-refractivity contribution in [2.24, 2.45) is 4.36 Å². The molecular weight excluding hydrogens is 388 g/mol. The van der Waals surface area contributed by atoms with Gasteiger partial charge in [0, 0.05) is 23.6 Å². The summed E-state index contributed by atoms with van der Waals surface area (Å²) in [7, 11) is -2.50. The number of hydrogen-bond acceptors (Lipinski definition) is 6. The molecule has 1 N–H and O–H groups in total. The molecule has 0 atom stereocenters. The van der Waals surface area contributed by atoms with E-state index in [-0.39, 0.29) is 33.3 Å². The van der Waals surface area contributed by atoms with E-state index >= 15 is 0 Å². The molecule has 0 amide bonds. The topological polar surface area (TPSA) is 108 Å². The van der Waals surface area contributed by atoms with Gasteiger partial charge < -0.3 is 5.11 Å². The molecular formula is C18H19ClN4O3S. The van der Waals surface area contributed by atoms with Crippen LogP contribution in [0.25, 0.3) is 0 Å². The van der Waals surface area contributed by atoms with Gasteiger partial charge in [0.1, 0.15) is 17.3 Å². The molecule has 27 heavy (non-hydrogen) atoms. The van der Waals surface area contributed by atoms with E-state index in [0.29, 0.717) is 18.1 Å². The summed E-state index contributed by atoms with van der Waals surface area (Å²) < 4.78 is 18.6. The maximum atomic E-state index is 13.0. The number of carbonyl (C=O) groups excluding carboxylic acids is 1. The van der Waals surface area contributed by atoms with E-state index in [1.807, 2.05) is 6.07 Å². The number of rotatable bonds is 4. The van der Waals surface area contributed by atoms with Gasteiger partial charge in [-0.25, -0.2) is 8.89 Å². The van der Waals surface area contributed by atoms with E-state index in [4.69, 9.17) is 11.6 Å². The van der Waals surface area contributed by atoms with Crippen LogP contribution in [0, 0.1) is 11.3 Å². The molecule has 0 radical (unpaired) electrons. The zero-order valence-electron chi connectivity index (χ0n) is 14.8. The molecule has 1 fully saturated rings. The van der Waals surface area contributed by atoms with Crippen LogP contribution < -0.4 is 0 Å². The van der Waals surface area contributed by atoms with E-state index in [0.717, 1.165) is 19.3 Å². The van der Waals surface area contributed by atoms with E-state index in [9.17, 15) is 19.4 Å². The zero-order chi connectivity index (χ0) is 19.6. The minimum absolute atomic E-state index is 0.0104. The molecule has 2 aromatic rings. The molecule has 1 aliphatic rings. The molecule has 3 rings (SSSR count). The van der Waals surface area contributed by atoms with Crippen LogP contribution in [0.2, 0.25) is 5.02 Å². The Balaban J connectivity index is 2.12. The Kier molecular flexibility index (Phi) is 5.53. The number of aryl methyl sites for hydroxylation is 1. The van der Waals surface area contributed by atoms with Crippen LogP contribution in [-0.2, 0) is 16.3 Å². The first-order chi connectivity index (χ1) is 12.9. The summed E-state index contributed by atoms with van der Waals surface area (Å²) in [5, 5.41) is 23.4. The third kappa shape index (κ3) is 3.70. The summed E-state index contributed by atoms with van der Waals surface area (Å²) in [6.07, 6.45) is 3.90. The van der Waals surface area contributed by atoms with E-state index in [1.54, 1.807) is 6.92 Å². The quantitative estimate of drug-likeness (QED) is 0.779. The van der Waals surface area contributed by atoms with Gasteiger partial charge in [0.15, 0.2) is 0 Å². The van der Waals surface area contributed by atoms with Gasteiger partial charge in [0.25, 0.3) is 0 Å². The molecule has 142 valence electrons. The Labute approximate surface area is 162 Å². The average molecular weight is 407 g/mol. The maximum Gasteiger partial charge on any atom is 0.220 e. The fraction of sp³-hybridized carbons (Fsp3) is 0.389. The second-order valence-corrected chi connectivity index (χ2v) is 9.22. The van der Waals surface area contributed by atoms with Crippen LogP contribution in [0.15, 0.2) is 22.7 Å². The van der Waals surface area contributed by atoms with Gasteiger partial charge in [0.05, 0.1) is 26.5 Å². The monoisotopic (exact) mass is 406 g/mol. The largest absolute Gasteiger partial charge is 0.493 e. The number of aromatic hydroxyl groups is 1. The number of nitrogens with zero attached hydrogens (tertiary/aromatic N) is 4. The highest BCUT2D eigenvalue weighted by Crippen LogP contribution is 2.36. The van der Waals surface area contributed by atoms with Crippen LogP contribution in [0.4, 0.5) is 5.69 Å². The van der Waals surface area contributed by atoms with Gasteiger partial charge in [-0.3, -0.25) is 4.79 Å². The van der Waals surface area contributed by atoms with E-state index in [1.165, 1.54) is 23.0 Å². The molecule has 7 nitrogen and oxygen atoms in total. The van der Waals surface area contributed by atoms with Gasteiger partial charge >= 0.3 is 0 Å². The van der Waals surface area contributed by atoms with Gasteiger partial charge in [-0.05, 0) is 31.9 Å². The molecule has 1 aromatic heterocycles. The molecule has 0 bridgehead atoms. The van der Waals surface area contributed by atoms with Crippen LogP contribution in [0.3, 0.4) is 0 Å². The predicted octanol–water partition coefficient (Wildman–Crippen LogP) is 3.65. The first-order valence-corrected chi connectivity index (χ1v) is 10.9. The molecule has 0 spiro atoms. The lowest BCUT2D eigenvalue weighted by atomic mass is 10.0. The van der Waals surface area contributed by atoms with Crippen molar-refractivity contribution in [1.82, 2.24) is 9.78 Å². The summed E-state index contributed by atoms with van der Waals surface area (Å²) in [4.78, 5) is 12.8. The Bertz CT molecular complexity index is 1050. The molecule has 0 aliphatic carbocycles. The third-order valence-electron chi connectivity index (χ3n) is 4.52. The van der Waals surface area contributed by atoms with Crippen LogP contribution in [0.1, 0.15) is 47.7 Å². The number of aromatic nitrogens is 2. The number of ketones is 1. The highest BCUT2D eigenvalue weighted by Gasteiger charge is 2.24. The fourth-order valence-electron chi connectivity index (χ4n) is 3.03. The average Bonchev–Trinajstić information content (AvgIpc) is 3.03. The first kappa shape index (κ1) is 19.4. The smallest absolute Gasteiger partial charge is 0.220 e. The Morgan fingerprint density at radius 3 is 2.67 bits per heavy atom. The molecule has 2 heterocycles. The van der Waals surface area contributed by atoms with E-state index < -0.39 is 15.5 Å². The van der Waals surface area contributed by atoms with Crippen molar-refractivity contribution in [3.63, 3.8) is 0 Å². The Morgan fingerprint density at radius 1 is 1.37 bits per heavy atom. The second-order valence-electron chi connectivity index (χ2n) is 6.29. The summed E-state index contributed by atoms with van der Waals surface area (Å²) in [5.41, 5.74) is 0.341. The standard InChI is InChI=1S/C18H19ClN4O3S/c1-2-23-18(25)14(11-21-23)17(24)13-7-6-12(10-20)16(15(13)19)22-27(26)8-4-3-5-9-27/h6-7,11,25H,2-5,8-9H2,1H3. The predicted molar refractivity (Wildman–Crippen MR) is 103 cm³/mol. The van der Waals surface area contributed by atoms with Crippen molar-refractivity contribution in [2.75, 3.05) is 11.5 Å². The normalized spacial score (nSPS) is 15.9. The lowest BCUT2D eigenvalue weighted by Gasteiger charge is -2.16. The zero-order valence-corrected chi connectivity index (χ0v) is 16.4. The van der Waals surface area contributed by atoms with Gasteiger partial charge in [-0.15, -0.1) is 0 Å². The van der Waals surface area contributed by atoms with Crippen LogP contribution in [0.5, 0.6) is 5.88 Å². The highest BCUT2D eigenvalue weighted by atomic mass is 35.5. The number of benzene rings is 1. The Hall–Kier alpha value is -2.37. The van der Waals surface area contributed by atoms with Crippen molar-refractivity contribution in [2.45, 2.75) is 32.7 Å². The van der Waals surface area contributed by atoms with Gasteiger partial charge in [-0.2, -0.15) is 14.7 Å². The minimum Gasteiger partial charge on any atom is -0.493 e. The fourth-order valence-corrected chi connectivity index (χ4v) is 5.59. The molecule has 1 saturated heterocycles. The van der Waals surface area contributed by atoms with E-state index in [2.05, 4.69) is 9.46 Å². The first-order valence-electron chi connectivity index (χ1n) is 8.65. The Morgan fingerprint density at radius 2 is 2.07 bits per heavy atom. The number of halogens is 1. The number of carbonyl (C=O) groups is 1. The summed E-state index contributed by atoms with van der Waals surface area (Å²) in [6, 6.07) is 4.84. The molecule has 1 aliphatic heterocycles. The SMILES string of the molecule is CCn1ncc(C(=O)c2ccc(C#N)c(N=S3(=O)CCCCC3)c2Cl)c1O. The summed E-state index contributed by atoms with van der Waals surface area (Å²) in [6.45, 7) is 2.19. The molecule has 1 aromatic carbocycles. The van der Waals surface area contributed by atoms with Crippen molar-refractivity contribution < 1.29 is 14.1 Å². The van der Waals surface area contributed by atoms with Crippen LogP contribution >= 0.6 is 11.6 Å². The molecule has 0 saturated carbocycles. The molecule has 0 unspecified atom stereocenters. The van der Waals surface area contributed by atoms with Gasteiger partial charge in [-0.1, -0.05) is 18.0 Å². The van der Waals surface area contributed by atoms with Crippen molar-refractivity contribution >= 4 is 32.8 Å². The third-order valence-corrected chi connectivity index (χ3v) is 7.27. The highest BCUT2D eigenvalue weighted by molar-refractivity contribution is 7.93. The number of hydrogen-bond donors (Lipinski definition) is 1. The van der Waals surface area contributed by atoms with Crippen molar-refractivity contribution in [3.05, 3.63) is 40.0 Å². The van der Waals surface area contributed by atoms with Crippen molar-refractivity contribution in [1.29, 1.82) is 5.26 Å². The maximum absolute atomic E-state index is 13.0. The lowest BCUT2D eigenvalue weighted by molar-refractivity contribution is 0.103. The summed E-state index contributed by atoms with van der Waals surface area (Å²) >= 11 is 6.41. The summed E-state index contributed by atoms with van der Waals surface area (Å²) in [5.74, 6) is 0.128. The molecule has 9 heteroatoms. The van der Waals surface area contributed by atoms with Crippen LogP contribution in [-0.4, -0.2) is 36.4 Å². The van der Waals surface area contributed by atoms with Gasteiger partial charge in [0.2, 0.25) is 11.7 Å². The number of nitriles is 1.